The summed E-state index contributed by atoms with van der Waals surface area (Å²) in [5.74, 6) is 0.781. The Bertz CT molecular complexity index is 1880. The minimum Gasteiger partial charge on any atom is -0.364 e. The number of hydrazine groups is 1. The molecule has 0 aliphatic carbocycles. The average molecular weight is 570 g/mol. The molecule has 0 spiro atoms. The third kappa shape index (κ3) is 3.43. The number of piperidine rings is 1. The molecular weight excluding hydrogens is 534 g/mol. The van der Waals surface area contributed by atoms with Gasteiger partial charge in [-0.2, -0.15) is 0 Å². The summed E-state index contributed by atoms with van der Waals surface area (Å²) >= 11 is 0. The molecule has 0 bridgehead atoms. The molecule has 4 aromatic heterocycles. The fourth-order valence-corrected chi connectivity index (χ4v) is 8.40. The van der Waals surface area contributed by atoms with E-state index in [0.717, 1.165) is 68.0 Å². The highest BCUT2D eigenvalue weighted by atomic mass is 15.7. The number of rotatable bonds is 5. The maximum absolute atomic E-state index is 5.36. The van der Waals surface area contributed by atoms with E-state index in [1.54, 1.807) is 6.33 Å². The molecule has 6 aromatic rings. The van der Waals surface area contributed by atoms with Gasteiger partial charge in [0.15, 0.2) is 17.1 Å². The van der Waals surface area contributed by atoms with Crippen LogP contribution in [0.1, 0.15) is 48.5 Å². The van der Waals surface area contributed by atoms with Gasteiger partial charge >= 0.3 is 0 Å². The zero-order valence-electron chi connectivity index (χ0n) is 24.1. The molecule has 3 aliphatic heterocycles. The molecule has 216 valence electrons. The highest BCUT2D eigenvalue weighted by Gasteiger charge is 2.68. The lowest BCUT2D eigenvalue weighted by atomic mass is 9.63. The number of para-hydroxylation sites is 2. The van der Waals surface area contributed by atoms with Gasteiger partial charge in [0.25, 0.3) is 0 Å². The fraction of sp³-hybridized carbons (Fsp3) is 0.324. The minimum atomic E-state index is -0.791. The van der Waals surface area contributed by atoms with Crippen LogP contribution in [-0.4, -0.2) is 66.1 Å². The molecule has 9 rings (SSSR count). The topological polar surface area (TPSA) is 95.8 Å². The van der Waals surface area contributed by atoms with Gasteiger partial charge < -0.3 is 19.9 Å². The monoisotopic (exact) mass is 569 g/mol. The highest BCUT2D eigenvalue weighted by molar-refractivity contribution is 5.81. The van der Waals surface area contributed by atoms with Crippen LogP contribution in [-0.2, 0) is 17.5 Å². The minimum absolute atomic E-state index is 0.572. The average Bonchev–Trinajstić information content (AvgIpc) is 3.90. The summed E-state index contributed by atoms with van der Waals surface area (Å²) in [4.78, 5) is 28.8. The Morgan fingerprint density at radius 2 is 1.65 bits per heavy atom. The van der Waals surface area contributed by atoms with Crippen molar-refractivity contribution in [2.75, 3.05) is 31.1 Å². The van der Waals surface area contributed by atoms with Crippen molar-refractivity contribution in [1.82, 2.24) is 39.9 Å². The van der Waals surface area contributed by atoms with Gasteiger partial charge in [-0.3, -0.25) is 0 Å². The summed E-state index contributed by atoms with van der Waals surface area (Å²) in [5, 5.41) is 6.46. The fourth-order valence-electron chi connectivity index (χ4n) is 8.40. The Morgan fingerprint density at radius 3 is 2.53 bits per heavy atom. The number of hydrogen-bond donors (Lipinski definition) is 3. The number of anilines is 1. The van der Waals surface area contributed by atoms with Crippen molar-refractivity contribution < 1.29 is 0 Å². The Hall–Kier alpha value is -4.47. The second kappa shape index (κ2) is 9.52. The first-order valence-corrected chi connectivity index (χ1v) is 15.6. The molecule has 9 heteroatoms. The van der Waals surface area contributed by atoms with E-state index in [9.17, 15) is 0 Å². The molecule has 2 saturated heterocycles. The van der Waals surface area contributed by atoms with Crippen LogP contribution in [0, 0.1) is 0 Å². The molecule has 0 saturated carbocycles. The van der Waals surface area contributed by atoms with Gasteiger partial charge in [0.1, 0.15) is 5.52 Å². The number of nitrogens with one attached hydrogen (secondary N) is 3. The molecular formula is C34H35N9. The Morgan fingerprint density at radius 1 is 0.767 bits per heavy atom. The Balaban J connectivity index is 1.44. The van der Waals surface area contributed by atoms with E-state index in [2.05, 4.69) is 108 Å². The lowest BCUT2D eigenvalue weighted by Crippen LogP contribution is -2.75. The highest BCUT2D eigenvalue weighted by Crippen LogP contribution is 2.59. The summed E-state index contributed by atoms with van der Waals surface area (Å²) < 4.78 is 0. The standard InChI is InChI=1S/C34H35N9/c1-3-11-26-25(10-1)21-30(39-26)33(29-13-7-16-35-29)15-8-19-43(41-17-5-6-18-41)34(33,32-36-22-27-31(40-32)38-23-37-27)42-20-14-24-9-2-4-12-28(24)42/h1-4,7,9-13,16,21-23,35,39H,5-6,8,14-15,17-20H2,(H,36,37,38,40). The first-order valence-electron chi connectivity index (χ1n) is 15.6. The van der Waals surface area contributed by atoms with Crippen LogP contribution in [0.15, 0.2) is 85.5 Å². The number of aromatic nitrogens is 6. The maximum atomic E-state index is 5.36. The predicted molar refractivity (Wildman–Crippen MR) is 167 cm³/mol. The normalized spacial score (nSPS) is 24.8. The SMILES string of the molecule is c1c[nH]c(C2(c3cc4ccccc4[nH]3)CCCN(N3CCCC3)C2(c2ncc3[nH]cnc3n2)N2CCc3ccccc32)c1. The molecule has 0 amide bonds. The molecule has 2 atom stereocenters. The number of H-pyrrole nitrogens is 3. The molecule has 2 unspecified atom stereocenters. The molecule has 3 N–H and O–H groups in total. The maximum Gasteiger partial charge on any atom is 0.184 e. The van der Waals surface area contributed by atoms with Crippen molar-refractivity contribution in [3.05, 3.63) is 108 Å². The van der Waals surface area contributed by atoms with Crippen molar-refractivity contribution in [1.29, 1.82) is 0 Å². The number of benzene rings is 2. The number of aromatic amines is 3. The molecule has 7 heterocycles. The quantitative estimate of drug-likeness (QED) is 0.255. The largest absolute Gasteiger partial charge is 0.364 e. The van der Waals surface area contributed by atoms with Crippen molar-refractivity contribution in [3.63, 3.8) is 0 Å². The number of fused-ring (bicyclic) bond motifs is 3. The number of nitrogens with zero attached hydrogens (tertiary/aromatic N) is 6. The van der Waals surface area contributed by atoms with Crippen molar-refractivity contribution >= 4 is 27.8 Å². The summed E-state index contributed by atoms with van der Waals surface area (Å²) in [6.45, 7) is 3.84. The zero-order chi connectivity index (χ0) is 28.4. The van der Waals surface area contributed by atoms with Crippen LogP contribution in [0.2, 0.25) is 0 Å². The molecule has 3 aliphatic rings. The summed E-state index contributed by atoms with van der Waals surface area (Å²) in [6.07, 6.45) is 11.0. The predicted octanol–water partition coefficient (Wildman–Crippen LogP) is 5.47. The van der Waals surface area contributed by atoms with Crippen molar-refractivity contribution in [3.8, 4) is 0 Å². The lowest BCUT2D eigenvalue weighted by Gasteiger charge is -2.63. The molecule has 0 radical (unpaired) electrons. The van der Waals surface area contributed by atoms with Crippen LogP contribution in [0.25, 0.3) is 22.1 Å². The second-order valence-electron chi connectivity index (χ2n) is 12.2. The van der Waals surface area contributed by atoms with Crippen molar-refractivity contribution in [2.45, 2.75) is 43.2 Å². The van der Waals surface area contributed by atoms with Gasteiger partial charge in [-0.05, 0) is 73.4 Å². The second-order valence-corrected chi connectivity index (χ2v) is 12.2. The third-order valence-electron chi connectivity index (χ3n) is 10.1. The van der Waals surface area contributed by atoms with E-state index in [1.165, 1.54) is 35.2 Å². The van der Waals surface area contributed by atoms with Crippen LogP contribution in [0.5, 0.6) is 0 Å². The molecule has 9 nitrogen and oxygen atoms in total. The summed E-state index contributed by atoms with van der Waals surface area (Å²) in [5.41, 5.74) is 6.28. The van der Waals surface area contributed by atoms with E-state index < -0.39 is 11.1 Å². The number of imidazole rings is 1. The molecule has 43 heavy (non-hydrogen) atoms. The molecule has 2 fully saturated rings. The number of hydrogen-bond acceptors (Lipinski definition) is 6. The van der Waals surface area contributed by atoms with Crippen LogP contribution in [0.3, 0.4) is 0 Å². The van der Waals surface area contributed by atoms with Gasteiger partial charge in [0, 0.05) is 55.0 Å². The van der Waals surface area contributed by atoms with Crippen LogP contribution >= 0.6 is 0 Å². The third-order valence-corrected chi connectivity index (χ3v) is 10.1. The van der Waals surface area contributed by atoms with E-state index >= 15 is 0 Å². The van der Waals surface area contributed by atoms with Gasteiger partial charge in [0.05, 0.1) is 17.9 Å². The first-order chi connectivity index (χ1) is 21.3. The van der Waals surface area contributed by atoms with Gasteiger partial charge in [-0.15, -0.1) is 0 Å². The van der Waals surface area contributed by atoms with Crippen LogP contribution < -0.4 is 4.90 Å². The van der Waals surface area contributed by atoms with Gasteiger partial charge in [0.2, 0.25) is 0 Å². The zero-order valence-corrected chi connectivity index (χ0v) is 24.1. The molecule has 2 aromatic carbocycles. The van der Waals surface area contributed by atoms with Gasteiger partial charge in [-0.25, -0.2) is 25.0 Å². The first kappa shape index (κ1) is 25.1. The summed E-state index contributed by atoms with van der Waals surface area (Å²) in [7, 11) is 0. The lowest BCUT2D eigenvalue weighted by molar-refractivity contribution is -0.158. The Kier molecular flexibility index (Phi) is 5.55. The van der Waals surface area contributed by atoms with E-state index in [-0.39, 0.29) is 0 Å². The van der Waals surface area contributed by atoms with E-state index in [0.29, 0.717) is 5.65 Å². The van der Waals surface area contributed by atoms with Crippen LogP contribution in [0.4, 0.5) is 5.69 Å². The van der Waals surface area contributed by atoms with E-state index in [1.807, 2.05) is 6.20 Å². The van der Waals surface area contributed by atoms with E-state index in [4.69, 9.17) is 9.97 Å². The van der Waals surface area contributed by atoms with Crippen molar-refractivity contribution in [2.24, 2.45) is 0 Å². The van der Waals surface area contributed by atoms with Gasteiger partial charge in [-0.1, -0.05) is 36.4 Å². The smallest absolute Gasteiger partial charge is 0.184 e. The Labute approximate surface area is 249 Å². The summed E-state index contributed by atoms with van der Waals surface area (Å²) in [6, 6.07) is 24.3.